The van der Waals surface area contributed by atoms with Crippen molar-refractivity contribution in [2.45, 2.75) is 42.1 Å². The summed E-state index contributed by atoms with van der Waals surface area (Å²) in [4.78, 5) is 12.7. The third kappa shape index (κ3) is 4.91. The number of anilines is 2. The Labute approximate surface area is 192 Å². The van der Waals surface area contributed by atoms with Crippen molar-refractivity contribution >= 4 is 39.0 Å². The Morgan fingerprint density at radius 3 is 2.50 bits per heavy atom. The second-order valence-corrected chi connectivity index (χ2v) is 10.3. The Kier molecular flexibility index (Phi) is 7.15. The maximum atomic E-state index is 13.3. The van der Waals surface area contributed by atoms with Crippen molar-refractivity contribution in [2.75, 3.05) is 23.9 Å². The number of hydrogen-bond acceptors (Lipinski definition) is 7. The third-order valence-corrected chi connectivity index (χ3v) is 7.61. The Hall–Kier alpha value is -2.98. The van der Waals surface area contributed by atoms with Crippen molar-refractivity contribution in [2.24, 2.45) is 0 Å². The summed E-state index contributed by atoms with van der Waals surface area (Å²) in [5, 5.41) is 7.45. The van der Waals surface area contributed by atoms with Crippen LogP contribution < -0.4 is 15.8 Å². The third-order valence-electron chi connectivity index (χ3n) is 4.80. The number of aromatic nitrogens is 2. The van der Waals surface area contributed by atoms with Gasteiger partial charge in [-0.15, -0.1) is 11.8 Å². The second-order valence-electron chi connectivity index (χ2n) is 7.16. The van der Waals surface area contributed by atoms with Gasteiger partial charge in [0, 0.05) is 5.69 Å². The first-order valence-electron chi connectivity index (χ1n) is 9.92. The fourth-order valence-electron chi connectivity index (χ4n) is 3.11. The van der Waals surface area contributed by atoms with Crippen LogP contribution in [0.3, 0.4) is 0 Å². The summed E-state index contributed by atoms with van der Waals surface area (Å²) in [5.74, 6) is 0.706. The van der Waals surface area contributed by atoms with Gasteiger partial charge in [0.25, 0.3) is 0 Å². The molecule has 170 valence electrons. The highest BCUT2D eigenvalue weighted by molar-refractivity contribution is 8.00. The van der Waals surface area contributed by atoms with Gasteiger partial charge >= 0.3 is 0 Å². The lowest BCUT2D eigenvalue weighted by Gasteiger charge is -2.10. The summed E-state index contributed by atoms with van der Waals surface area (Å²) in [5.41, 5.74) is 8.83. The monoisotopic (exact) mass is 474 g/mol. The van der Waals surface area contributed by atoms with Crippen molar-refractivity contribution < 1.29 is 17.9 Å². The van der Waals surface area contributed by atoms with Gasteiger partial charge in [-0.3, -0.25) is 4.79 Å². The molecule has 0 aliphatic rings. The minimum absolute atomic E-state index is 0.0716. The van der Waals surface area contributed by atoms with Gasteiger partial charge in [0.1, 0.15) is 28.0 Å². The van der Waals surface area contributed by atoms with Crippen molar-refractivity contribution in [3.05, 3.63) is 53.6 Å². The number of rotatable bonds is 8. The molecule has 3 rings (SSSR count). The van der Waals surface area contributed by atoms with Crippen LogP contribution in [-0.2, 0) is 21.2 Å². The lowest BCUT2D eigenvalue weighted by Crippen LogP contribution is -2.21. The van der Waals surface area contributed by atoms with Crippen LogP contribution in [0.4, 0.5) is 11.5 Å². The summed E-state index contributed by atoms with van der Waals surface area (Å²) in [6, 6.07) is 11.8. The number of nitrogens with two attached hydrogens (primary N) is 1. The molecule has 0 radical (unpaired) electrons. The van der Waals surface area contributed by atoms with E-state index in [1.165, 1.54) is 35.7 Å². The van der Waals surface area contributed by atoms with E-state index in [9.17, 15) is 13.2 Å². The predicted molar refractivity (Wildman–Crippen MR) is 126 cm³/mol. The number of nitrogens with one attached hydrogen (secondary N) is 1. The summed E-state index contributed by atoms with van der Waals surface area (Å²) >= 11 is 1.25. The predicted octanol–water partition coefficient (Wildman–Crippen LogP) is 3.67. The number of amides is 1. The molecule has 0 fully saturated rings. The van der Waals surface area contributed by atoms with Crippen LogP contribution in [-0.4, -0.2) is 37.0 Å². The molecule has 1 heterocycles. The number of sulfone groups is 1. The highest BCUT2D eigenvalue weighted by Gasteiger charge is 2.30. The Balaban J connectivity index is 1.94. The first kappa shape index (κ1) is 23.7. The van der Waals surface area contributed by atoms with Crippen LogP contribution >= 0.6 is 11.8 Å². The quantitative estimate of drug-likeness (QED) is 0.478. The molecule has 0 spiro atoms. The average molecular weight is 475 g/mol. The number of nitrogen functional groups attached to an aromatic ring is 1. The zero-order valence-electron chi connectivity index (χ0n) is 18.4. The van der Waals surface area contributed by atoms with E-state index in [2.05, 4.69) is 10.4 Å². The fraction of sp³-hybridized carbons (Fsp3) is 0.273. The molecule has 0 bridgehead atoms. The Morgan fingerprint density at radius 2 is 1.88 bits per heavy atom. The summed E-state index contributed by atoms with van der Waals surface area (Å²) in [6.07, 6.45) is 0. The fourth-order valence-corrected chi connectivity index (χ4v) is 5.66. The van der Waals surface area contributed by atoms with Gasteiger partial charge in [0.2, 0.25) is 15.7 Å². The van der Waals surface area contributed by atoms with Gasteiger partial charge in [-0.2, -0.15) is 5.10 Å². The molecule has 8 nitrogen and oxygen atoms in total. The number of aryl methyl sites for hydroxylation is 2. The van der Waals surface area contributed by atoms with E-state index in [1.807, 2.05) is 39.0 Å². The van der Waals surface area contributed by atoms with Gasteiger partial charge in [0.15, 0.2) is 0 Å². The number of ether oxygens (including phenoxy) is 1. The van der Waals surface area contributed by atoms with Crippen molar-refractivity contribution in [3.8, 4) is 5.75 Å². The highest BCUT2D eigenvalue weighted by atomic mass is 32.2. The van der Waals surface area contributed by atoms with Gasteiger partial charge in [-0.1, -0.05) is 19.1 Å². The molecule has 0 atom stereocenters. The summed E-state index contributed by atoms with van der Waals surface area (Å²) in [6.45, 7) is 5.50. The van der Waals surface area contributed by atoms with Gasteiger partial charge in [0.05, 0.1) is 12.0 Å². The van der Waals surface area contributed by atoms with E-state index in [0.717, 1.165) is 11.1 Å². The van der Waals surface area contributed by atoms with E-state index in [0.29, 0.717) is 17.2 Å². The molecule has 32 heavy (non-hydrogen) atoms. The van der Waals surface area contributed by atoms with Gasteiger partial charge in [-0.25, -0.2) is 13.1 Å². The number of hydrogen-bond donors (Lipinski definition) is 2. The summed E-state index contributed by atoms with van der Waals surface area (Å²) in [7, 11) is -2.45. The molecule has 1 aromatic heterocycles. The van der Waals surface area contributed by atoms with E-state index < -0.39 is 9.84 Å². The van der Waals surface area contributed by atoms with Crippen molar-refractivity contribution in [1.29, 1.82) is 0 Å². The molecular weight excluding hydrogens is 448 g/mol. The Bertz CT molecular complexity index is 1240. The van der Waals surface area contributed by atoms with Crippen LogP contribution in [0, 0.1) is 13.8 Å². The number of methoxy groups -OCH3 is 1. The number of benzene rings is 2. The highest BCUT2D eigenvalue weighted by Crippen LogP contribution is 2.35. The normalized spacial score (nSPS) is 11.4. The van der Waals surface area contributed by atoms with Crippen LogP contribution in [0.1, 0.15) is 18.1 Å². The Morgan fingerprint density at radius 1 is 1.19 bits per heavy atom. The molecule has 0 aliphatic carbocycles. The first-order valence-corrected chi connectivity index (χ1v) is 12.4. The molecule has 0 aliphatic heterocycles. The second kappa shape index (κ2) is 9.66. The number of thioether (sulfide) groups is 1. The van der Waals surface area contributed by atoms with Crippen LogP contribution in [0.2, 0.25) is 0 Å². The maximum Gasteiger partial charge on any atom is 0.246 e. The number of carbonyl (C=O) groups excluding carboxylic acids is 1. The van der Waals surface area contributed by atoms with Gasteiger partial charge < -0.3 is 15.8 Å². The molecule has 1 amide bonds. The number of carbonyl (C=O) groups is 1. The molecule has 3 aromatic rings. The van der Waals surface area contributed by atoms with Crippen LogP contribution in [0.25, 0.3) is 0 Å². The minimum Gasteiger partial charge on any atom is -0.497 e. The zero-order chi connectivity index (χ0) is 23.5. The average Bonchev–Trinajstić information content (AvgIpc) is 3.06. The van der Waals surface area contributed by atoms with Crippen LogP contribution in [0.5, 0.6) is 5.75 Å². The summed E-state index contributed by atoms with van der Waals surface area (Å²) < 4.78 is 33.0. The van der Waals surface area contributed by atoms with Crippen molar-refractivity contribution in [1.82, 2.24) is 9.78 Å². The first-order chi connectivity index (χ1) is 15.2. The molecular formula is C22H26N4O4S2. The molecule has 0 unspecified atom stereocenters. The molecule has 0 saturated carbocycles. The standard InChI is InChI=1S/C22H26N4O4S2/c1-5-31-22-20(32(28,29)17-10-8-16(30-4)9-11-17)21(23)26(25-22)13-19(27)24-18-12-14(2)6-7-15(18)3/h6-12H,5,13,23H2,1-4H3,(H,24,27). The van der Waals surface area contributed by atoms with Gasteiger partial charge in [-0.05, 0) is 61.1 Å². The molecule has 2 aromatic carbocycles. The molecule has 0 saturated heterocycles. The lowest BCUT2D eigenvalue weighted by atomic mass is 10.1. The van der Waals surface area contributed by atoms with Crippen LogP contribution in [0.15, 0.2) is 57.3 Å². The smallest absolute Gasteiger partial charge is 0.246 e. The maximum absolute atomic E-state index is 13.3. The molecule has 10 heteroatoms. The largest absolute Gasteiger partial charge is 0.497 e. The topological polar surface area (TPSA) is 116 Å². The number of nitrogens with zero attached hydrogens (tertiary/aromatic N) is 2. The SMILES string of the molecule is CCSc1nn(CC(=O)Nc2cc(C)ccc2C)c(N)c1S(=O)(=O)c1ccc(OC)cc1. The van der Waals surface area contributed by atoms with E-state index in [1.54, 1.807) is 12.1 Å². The van der Waals surface area contributed by atoms with E-state index >= 15 is 0 Å². The minimum atomic E-state index is -3.95. The van der Waals surface area contributed by atoms with E-state index in [4.69, 9.17) is 10.5 Å². The molecule has 3 N–H and O–H groups in total. The van der Waals surface area contributed by atoms with Crippen molar-refractivity contribution in [3.63, 3.8) is 0 Å². The lowest BCUT2D eigenvalue weighted by molar-refractivity contribution is -0.116. The van der Waals surface area contributed by atoms with E-state index in [-0.39, 0.29) is 33.1 Å². The zero-order valence-corrected chi connectivity index (χ0v) is 20.0.